The van der Waals surface area contributed by atoms with Crippen LogP contribution in [0.25, 0.3) is 76.9 Å². The maximum absolute atomic E-state index is 6.26. The molecule has 53 heavy (non-hydrogen) atoms. The Balaban J connectivity index is 1.16. The normalized spacial score (nSPS) is 15.9. The van der Waals surface area contributed by atoms with Crippen LogP contribution in [0.15, 0.2) is 174 Å². The van der Waals surface area contributed by atoms with Crippen molar-refractivity contribution in [3.05, 3.63) is 203 Å². The summed E-state index contributed by atoms with van der Waals surface area (Å²) in [5.41, 5.74) is 17.8. The zero-order valence-electron chi connectivity index (χ0n) is 28.6. The highest BCUT2D eigenvalue weighted by Gasteiger charge is 2.44. The first-order valence-corrected chi connectivity index (χ1v) is 18.5. The number of rotatable bonds is 2. The lowest BCUT2D eigenvalue weighted by molar-refractivity contribution is 0.669. The average molecular weight is 675 g/mol. The highest BCUT2D eigenvalue weighted by molar-refractivity contribution is 6.16. The monoisotopic (exact) mass is 674 g/mol. The van der Waals surface area contributed by atoms with Crippen molar-refractivity contribution in [2.75, 3.05) is 0 Å². The zero-order chi connectivity index (χ0) is 34.4. The summed E-state index contributed by atoms with van der Waals surface area (Å²) < 4.78 is 11.2. The van der Waals surface area contributed by atoms with Gasteiger partial charge < -0.3 is 13.6 Å². The van der Waals surface area contributed by atoms with Crippen LogP contribution in [0.3, 0.4) is 0 Å². The third-order valence-corrected chi connectivity index (χ3v) is 12.3. The van der Waals surface area contributed by atoms with E-state index in [1.165, 1.54) is 82.7 Å². The van der Waals surface area contributed by atoms with Gasteiger partial charge in [-0.05, 0) is 94.0 Å². The van der Waals surface area contributed by atoms with Crippen molar-refractivity contribution >= 4 is 65.6 Å². The van der Waals surface area contributed by atoms with Crippen molar-refractivity contribution in [1.29, 1.82) is 0 Å². The predicted octanol–water partition coefficient (Wildman–Crippen LogP) is 12.8. The molecule has 0 aliphatic heterocycles. The Morgan fingerprint density at radius 1 is 0.340 bits per heavy atom. The van der Waals surface area contributed by atoms with E-state index in [9.17, 15) is 0 Å². The van der Waals surface area contributed by atoms with Gasteiger partial charge in [0.15, 0.2) is 0 Å². The van der Waals surface area contributed by atoms with Crippen LogP contribution in [-0.2, 0) is 0 Å². The largest absolute Gasteiger partial charge is 0.456 e. The average Bonchev–Trinajstić information content (AvgIpc) is 3.88. The maximum Gasteiger partial charge on any atom is 0.135 e. The van der Waals surface area contributed by atoms with Crippen molar-refractivity contribution in [1.82, 2.24) is 9.13 Å². The molecule has 3 nitrogen and oxygen atoms in total. The van der Waals surface area contributed by atoms with E-state index in [0.29, 0.717) is 0 Å². The molecular formula is C50H30N2O. The Kier molecular flexibility index (Phi) is 5.22. The second kappa shape index (κ2) is 9.93. The van der Waals surface area contributed by atoms with Gasteiger partial charge in [-0.25, -0.2) is 0 Å². The molecule has 0 saturated heterocycles. The molecule has 2 bridgehead atoms. The predicted molar refractivity (Wildman–Crippen MR) is 217 cm³/mol. The van der Waals surface area contributed by atoms with Crippen LogP contribution < -0.4 is 0 Å². The summed E-state index contributed by atoms with van der Waals surface area (Å²) in [5, 5.41) is 7.61. The second-order valence-corrected chi connectivity index (χ2v) is 14.7. The molecule has 11 aromatic rings. The lowest BCUT2D eigenvalue weighted by atomic mass is 9.59. The third kappa shape index (κ3) is 3.45. The molecule has 2 unspecified atom stereocenters. The van der Waals surface area contributed by atoms with Crippen molar-refractivity contribution in [3.8, 4) is 11.4 Å². The van der Waals surface area contributed by atoms with Crippen molar-refractivity contribution in [2.45, 2.75) is 11.8 Å². The molecule has 0 spiro atoms. The first-order chi connectivity index (χ1) is 26.3. The van der Waals surface area contributed by atoms with Gasteiger partial charge in [-0.2, -0.15) is 0 Å². The highest BCUT2D eigenvalue weighted by atomic mass is 16.3. The van der Waals surface area contributed by atoms with Gasteiger partial charge in [0.25, 0.3) is 0 Å². The number of hydrogen-bond donors (Lipinski definition) is 0. The van der Waals surface area contributed by atoms with Gasteiger partial charge in [0, 0.05) is 55.5 Å². The Bertz CT molecular complexity index is 3360. The Morgan fingerprint density at radius 2 is 0.868 bits per heavy atom. The summed E-state index contributed by atoms with van der Waals surface area (Å²) >= 11 is 0. The van der Waals surface area contributed by atoms with Crippen LogP contribution in [0.1, 0.15) is 45.2 Å². The summed E-state index contributed by atoms with van der Waals surface area (Å²) in [6.07, 6.45) is 0. The molecule has 0 radical (unpaired) electrons. The quantitative estimate of drug-likeness (QED) is 0.179. The van der Waals surface area contributed by atoms with Crippen LogP contribution in [0.2, 0.25) is 0 Å². The number of fused-ring (bicyclic) bond motifs is 9. The lowest BCUT2D eigenvalue weighted by Crippen LogP contribution is -2.28. The molecule has 3 aromatic heterocycles. The molecule has 246 valence electrons. The minimum absolute atomic E-state index is 0.0863. The van der Waals surface area contributed by atoms with E-state index >= 15 is 0 Å². The number of aromatic nitrogens is 2. The number of benzene rings is 8. The smallest absolute Gasteiger partial charge is 0.135 e. The van der Waals surface area contributed by atoms with Gasteiger partial charge >= 0.3 is 0 Å². The summed E-state index contributed by atoms with van der Waals surface area (Å²) in [4.78, 5) is 0. The van der Waals surface area contributed by atoms with E-state index in [2.05, 4.69) is 173 Å². The molecule has 14 rings (SSSR count). The maximum atomic E-state index is 6.26. The van der Waals surface area contributed by atoms with Gasteiger partial charge in [0.2, 0.25) is 0 Å². The van der Waals surface area contributed by atoms with E-state index in [-0.39, 0.29) is 11.8 Å². The summed E-state index contributed by atoms with van der Waals surface area (Å²) in [5.74, 6) is 0.243. The van der Waals surface area contributed by atoms with Crippen LogP contribution >= 0.6 is 0 Å². The fourth-order valence-corrected chi connectivity index (χ4v) is 10.3. The Labute approximate surface area is 304 Å². The lowest BCUT2D eigenvalue weighted by Gasteiger charge is -2.43. The van der Waals surface area contributed by atoms with Gasteiger partial charge in [-0.3, -0.25) is 0 Å². The minimum Gasteiger partial charge on any atom is -0.456 e. The highest BCUT2D eigenvalue weighted by Crippen LogP contribution is 2.60. The molecule has 3 aliphatic rings. The number of furan rings is 1. The van der Waals surface area contributed by atoms with Crippen LogP contribution in [0.5, 0.6) is 0 Å². The van der Waals surface area contributed by atoms with E-state index < -0.39 is 0 Å². The van der Waals surface area contributed by atoms with Crippen molar-refractivity contribution < 1.29 is 4.42 Å². The fourth-order valence-electron chi connectivity index (χ4n) is 10.3. The van der Waals surface area contributed by atoms with Crippen molar-refractivity contribution in [2.24, 2.45) is 0 Å². The van der Waals surface area contributed by atoms with Gasteiger partial charge in [-0.15, -0.1) is 0 Å². The molecule has 3 heterocycles. The molecule has 3 aliphatic carbocycles. The molecule has 0 amide bonds. The first-order valence-electron chi connectivity index (χ1n) is 18.5. The zero-order valence-corrected chi connectivity index (χ0v) is 28.6. The molecule has 3 heteroatoms. The fraction of sp³-hybridized carbons (Fsp3) is 0.0400. The molecule has 0 saturated carbocycles. The summed E-state index contributed by atoms with van der Waals surface area (Å²) in [6.45, 7) is 0. The van der Waals surface area contributed by atoms with Crippen LogP contribution in [0, 0.1) is 0 Å². The molecular weight excluding hydrogens is 645 g/mol. The van der Waals surface area contributed by atoms with Gasteiger partial charge in [0.1, 0.15) is 11.2 Å². The third-order valence-electron chi connectivity index (χ3n) is 12.3. The van der Waals surface area contributed by atoms with Crippen LogP contribution in [0.4, 0.5) is 0 Å². The van der Waals surface area contributed by atoms with Gasteiger partial charge in [-0.1, -0.05) is 109 Å². The minimum atomic E-state index is 0.0863. The Morgan fingerprint density at radius 3 is 1.55 bits per heavy atom. The second-order valence-electron chi connectivity index (χ2n) is 14.7. The first kappa shape index (κ1) is 27.8. The van der Waals surface area contributed by atoms with E-state index in [4.69, 9.17) is 4.42 Å². The molecule has 0 N–H and O–H groups in total. The summed E-state index contributed by atoms with van der Waals surface area (Å²) in [6, 6.07) is 62.7. The van der Waals surface area contributed by atoms with Crippen molar-refractivity contribution in [3.63, 3.8) is 0 Å². The topological polar surface area (TPSA) is 23.0 Å². The number of nitrogens with zero attached hydrogens (tertiary/aromatic N) is 2. The SMILES string of the molecule is c1ccc(-n2c3ccccc3c3c4c(ccc32)C2c3ccccc3C4c3c2ccc2c3c3ccccc3n2-c2ccc3oc4ccccc4c3c2)cc1. The molecule has 0 fully saturated rings. The Hall–Kier alpha value is -6.84. The standard InChI is InChI=1S/C50H30N2O/c1-2-12-29(13-3-1)51-39-19-9-6-17-34(39)46-41(51)25-23-36-45-32-15-4-5-16-33(32)48(49(36)46)50-37(45)24-26-42-47(50)35-18-7-10-20-40(35)52(42)30-22-27-44-38(28-30)31-14-8-11-21-43(31)53-44/h1-28,45,48H. The molecule has 2 atom stereocenters. The van der Waals surface area contributed by atoms with E-state index in [1.54, 1.807) is 0 Å². The van der Waals surface area contributed by atoms with Gasteiger partial charge in [0.05, 0.1) is 22.1 Å². The van der Waals surface area contributed by atoms with Crippen LogP contribution in [-0.4, -0.2) is 9.13 Å². The molecule has 8 aromatic carbocycles. The number of hydrogen-bond acceptors (Lipinski definition) is 1. The number of para-hydroxylation sites is 4. The van der Waals surface area contributed by atoms with E-state index in [1.807, 2.05) is 6.07 Å². The van der Waals surface area contributed by atoms with E-state index in [0.717, 1.165) is 27.6 Å². The summed E-state index contributed by atoms with van der Waals surface area (Å²) in [7, 11) is 0.